The summed E-state index contributed by atoms with van der Waals surface area (Å²) in [6.07, 6.45) is 5.91. The standard InChI is InChI=1S/C19H24N6O3/c1-12-21-15(28-24-12)4-5-16(26)25-7-6-19(10-25)11-27-9-13-8-20-18(23-17(13)19)22-14-2-3-14/h8,14H,2-7,9-11H2,1H3,(H,20,22,23). The summed E-state index contributed by atoms with van der Waals surface area (Å²) in [4.78, 5) is 28.1. The van der Waals surface area contributed by atoms with E-state index in [1.54, 1.807) is 6.92 Å². The van der Waals surface area contributed by atoms with Gasteiger partial charge in [0.1, 0.15) is 0 Å². The predicted molar refractivity (Wildman–Crippen MR) is 98.6 cm³/mol. The molecule has 3 aliphatic rings. The largest absolute Gasteiger partial charge is 0.376 e. The maximum Gasteiger partial charge on any atom is 0.227 e. The zero-order chi connectivity index (χ0) is 19.1. The highest BCUT2D eigenvalue weighted by atomic mass is 16.5. The molecule has 148 valence electrons. The number of hydrogen-bond acceptors (Lipinski definition) is 8. The quantitative estimate of drug-likeness (QED) is 0.824. The van der Waals surface area contributed by atoms with Crippen molar-refractivity contribution in [2.45, 2.75) is 57.1 Å². The van der Waals surface area contributed by atoms with Gasteiger partial charge in [-0.15, -0.1) is 0 Å². The topological polar surface area (TPSA) is 106 Å². The van der Waals surface area contributed by atoms with Crippen molar-refractivity contribution < 1.29 is 14.1 Å². The monoisotopic (exact) mass is 384 g/mol. The minimum absolute atomic E-state index is 0.102. The number of aryl methyl sites for hydroxylation is 2. The number of nitrogens with zero attached hydrogens (tertiary/aromatic N) is 5. The summed E-state index contributed by atoms with van der Waals surface area (Å²) in [5, 5.41) is 7.15. The summed E-state index contributed by atoms with van der Waals surface area (Å²) < 4.78 is 11.0. The highest BCUT2D eigenvalue weighted by Gasteiger charge is 2.46. The fraction of sp³-hybridized carbons (Fsp3) is 0.632. The molecule has 1 amide bonds. The van der Waals surface area contributed by atoms with E-state index in [-0.39, 0.29) is 11.3 Å². The molecule has 0 radical (unpaired) electrons. The van der Waals surface area contributed by atoms with Gasteiger partial charge in [0.05, 0.1) is 24.3 Å². The molecule has 1 aliphatic carbocycles. The van der Waals surface area contributed by atoms with E-state index in [4.69, 9.17) is 14.2 Å². The summed E-state index contributed by atoms with van der Waals surface area (Å²) in [5.74, 6) is 1.90. The van der Waals surface area contributed by atoms with Crippen LogP contribution in [-0.2, 0) is 28.0 Å². The van der Waals surface area contributed by atoms with Crippen LogP contribution in [0.5, 0.6) is 0 Å². The average molecular weight is 384 g/mol. The van der Waals surface area contributed by atoms with Gasteiger partial charge in [-0.2, -0.15) is 4.98 Å². The lowest BCUT2D eigenvalue weighted by Crippen LogP contribution is -2.41. The molecule has 2 aromatic heterocycles. The van der Waals surface area contributed by atoms with Crippen LogP contribution in [0.15, 0.2) is 10.7 Å². The number of fused-ring (bicyclic) bond motifs is 2. The lowest BCUT2D eigenvalue weighted by molar-refractivity contribution is -0.130. The number of likely N-dealkylation sites (tertiary alicyclic amines) is 1. The zero-order valence-corrected chi connectivity index (χ0v) is 16.0. The van der Waals surface area contributed by atoms with Crippen molar-refractivity contribution >= 4 is 11.9 Å². The summed E-state index contributed by atoms with van der Waals surface area (Å²) in [7, 11) is 0. The van der Waals surface area contributed by atoms with E-state index in [2.05, 4.69) is 20.4 Å². The van der Waals surface area contributed by atoms with Gasteiger partial charge in [-0.1, -0.05) is 5.16 Å². The molecule has 0 bridgehead atoms. The average Bonchev–Trinajstić information content (AvgIpc) is 3.25. The minimum Gasteiger partial charge on any atom is -0.376 e. The smallest absolute Gasteiger partial charge is 0.227 e. The number of carbonyl (C=O) groups excluding carboxylic acids is 1. The van der Waals surface area contributed by atoms with E-state index < -0.39 is 0 Å². The van der Waals surface area contributed by atoms with Gasteiger partial charge in [0.25, 0.3) is 0 Å². The third kappa shape index (κ3) is 3.34. The van der Waals surface area contributed by atoms with Crippen LogP contribution < -0.4 is 5.32 Å². The van der Waals surface area contributed by atoms with Crippen LogP contribution in [-0.4, -0.2) is 56.7 Å². The summed E-state index contributed by atoms with van der Waals surface area (Å²) in [5.41, 5.74) is 1.83. The van der Waals surface area contributed by atoms with Crippen molar-refractivity contribution in [3.63, 3.8) is 0 Å². The normalized spacial score (nSPS) is 23.8. The molecule has 1 saturated carbocycles. The van der Waals surface area contributed by atoms with Crippen LogP contribution in [0.1, 0.15) is 48.7 Å². The fourth-order valence-corrected chi connectivity index (χ4v) is 4.09. The van der Waals surface area contributed by atoms with Crippen molar-refractivity contribution in [1.29, 1.82) is 0 Å². The maximum atomic E-state index is 12.7. The van der Waals surface area contributed by atoms with Crippen LogP contribution in [0.25, 0.3) is 0 Å². The number of hydrogen-bond donors (Lipinski definition) is 1. The first-order valence-corrected chi connectivity index (χ1v) is 9.89. The Morgan fingerprint density at radius 3 is 3.07 bits per heavy atom. The number of anilines is 1. The Morgan fingerprint density at radius 2 is 2.29 bits per heavy atom. The van der Waals surface area contributed by atoms with Gasteiger partial charge < -0.3 is 19.5 Å². The Kier molecular flexibility index (Phi) is 4.26. The first-order valence-electron chi connectivity index (χ1n) is 9.89. The van der Waals surface area contributed by atoms with E-state index in [0.29, 0.717) is 62.9 Å². The second-order valence-corrected chi connectivity index (χ2v) is 8.06. The summed E-state index contributed by atoms with van der Waals surface area (Å²) in [6, 6.07) is 0.504. The fourth-order valence-electron chi connectivity index (χ4n) is 4.09. The number of nitrogens with one attached hydrogen (secondary N) is 1. The molecule has 1 unspecified atom stereocenters. The van der Waals surface area contributed by atoms with Gasteiger partial charge in [0.15, 0.2) is 5.82 Å². The highest BCUT2D eigenvalue weighted by Crippen LogP contribution is 2.39. The third-order valence-electron chi connectivity index (χ3n) is 5.74. The third-order valence-corrected chi connectivity index (χ3v) is 5.74. The van der Waals surface area contributed by atoms with Gasteiger partial charge >= 0.3 is 0 Å². The van der Waals surface area contributed by atoms with Crippen molar-refractivity contribution in [2.24, 2.45) is 0 Å². The van der Waals surface area contributed by atoms with E-state index in [9.17, 15) is 4.79 Å². The van der Waals surface area contributed by atoms with Gasteiger partial charge in [-0.05, 0) is 26.2 Å². The molecule has 1 spiro atoms. The van der Waals surface area contributed by atoms with Gasteiger partial charge in [0, 0.05) is 43.7 Å². The lowest BCUT2D eigenvalue weighted by atomic mass is 9.80. The van der Waals surface area contributed by atoms with E-state index in [1.807, 2.05) is 11.1 Å². The highest BCUT2D eigenvalue weighted by molar-refractivity contribution is 5.77. The van der Waals surface area contributed by atoms with Crippen molar-refractivity contribution in [1.82, 2.24) is 25.0 Å². The molecule has 9 heteroatoms. The van der Waals surface area contributed by atoms with E-state index in [1.165, 1.54) is 12.8 Å². The molecule has 2 aromatic rings. The number of rotatable bonds is 5. The van der Waals surface area contributed by atoms with Crippen molar-refractivity contribution in [2.75, 3.05) is 25.0 Å². The first kappa shape index (κ1) is 17.5. The Hall–Kier alpha value is -2.55. The molecule has 1 N–H and O–H groups in total. The van der Waals surface area contributed by atoms with Gasteiger partial charge in [-0.25, -0.2) is 9.97 Å². The molecule has 5 rings (SSSR count). The number of carbonyl (C=O) groups is 1. The molecule has 2 fully saturated rings. The Balaban J connectivity index is 1.29. The van der Waals surface area contributed by atoms with Crippen LogP contribution in [0.3, 0.4) is 0 Å². The Bertz CT molecular complexity index is 896. The molecule has 1 atom stereocenters. The second kappa shape index (κ2) is 6.80. The van der Waals surface area contributed by atoms with E-state index in [0.717, 1.165) is 17.7 Å². The number of amides is 1. The maximum absolute atomic E-state index is 12.7. The Labute approximate surface area is 162 Å². The SMILES string of the molecule is Cc1noc(CCC(=O)N2CCC3(COCc4cnc(NC5CC5)nc43)C2)n1. The molecular weight excluding hydrogens is 360 g/mol. The van der Waals surface area contributed by atoms with Crippen LogP contribution in [0.4, 0.5) is 5.95 Å². The summed E-state index contributed by atoms with van der Waals surface area (Å²) in [6.45, 7) is 4.23. The number of ether oxygens (including phenoxy) is 1. The molecule has 28 heavy (non-hydrogen) atoms. The van der Waals surface area contributed by atoms with Crippen LogP contribution >= 0.6 is 0 Å². The van der Waals surface area contributed by atoms with Crippen molar-refractivity contribution in [3.8, 4) is 0 Å². The van der Waals surface area contributed by atoms with Gasteiger partial charge in [-0.3, -0.25) is 4.79 Å². The molecule has 2 aliphatic heterocycles. The number of aromatic nitrogens is 4. The summed E-state index contributed by atoms with van der Waals surface area (Å²) >= 11 is 0. The lowest BCUT2D eigenvalue weighted by Gasteiger charge is -2.34. The van der Waals surface area contributed by atoms with Crippen molar-refractivity contribution in [3.05, 3.63) is 29.2 Å². The van der Waals surface area contributed by atoms with Crippen LogP contribution in [0.2, 0.25) is 0 Å². The molecule has 0 aromatic carbocycles. The Morgan fingerprint density at radius 1 is 1.39 bits per heavy atom. The molecule has 9 nitrogen and oxygen atoms in total. The zero-order valence-electron chi connectivity index (χ0n) is 16.0. The van der Waals surface area contributed by atoms with Crippen LogP contribution in [0, 0.1) is 6.92 Å². The second-order valence-electron chi connectivity index (χ2n) is 8.06. The van der Waals surface area contributed by atoms with E-state index >= 15 is 0 Å². The molecule has 4 heterocycles. The minimum atomic E-state index is -0.243. The molecule has 1 saturated heterocycles. The van der Waals surface area contributed by atoms with Gasteiger partial charge in [0.2, 0.25) is 17.7 Å². The predicted octanol–water partition coefficient (Wildman–Crippen LogP) is 1.38. The molecular formula is C19H24N6O3. The first-order chi connectivity index (χ1) is 13.6.